The van der Waals surface area contributed by atoms with E-state index in [4.69, 9.17) is 14.2 Å². The lowest BCUT2D eigenvalue weighted by molar-refractivity contribution is -0.175. The molecule has 0 aromatic heterocycles. The van der Waals surface area contributed by atoms with Crippen LogP contribution in [0.25, 0.3) is 6.08 Å². The number of carbonyl (C=O) groups excluding carboxylic acids is 1. The molecule has 1 saturated carbocycles. The number of fused-ring (bicyclic) bond motifs is 3. The molecule has 146 valence electrons. The minimum Gasteiger partial charge on any atom is -0.497 e. The van der Waals surface area contributed by atoms with E-state index in [1.807, 2.05) is 12.1 Å². The van der Waals surface area contributed by atoms with Crippen LogP contribution in [-0.4, -0.2) is 32.9 Å². The van der Waals surface area contributed by atoms with E-state index in [1.165, 1.54) is 0 Å². The zero-order valence-corrected chi connectivity index (χ0v) is 16.8. The average Bonchev–Trinajstić information content (AvgIpc) is 2.63. The van der Waals surface area contributed by atoms with E-state index < -0.39 is 5.41 Å². The average molecular weight is 370 g/mol. The monoisotopic (exact) mass is 370 g/mol. The van der Waals surface area contributed by atoms with Crippen LogP contribution < -0.4 is 4.74 Å². The highest BCUT2D eigenvalue weighted by atomic mass is 16.5. The molecule has 0 unspecified atom stereocenters. The Balaban J connectivity index is 1.76. The lowest BCUT2D eigenvalue weighted by Crippen LogP contribution is -2.54. The van der Waals surface area contributed by atoms with Crippen molar-refractivity contribution in [3.8, 4) is 5.75 Å². The van der Waals surface area contributed by atoms with Crippen molar-refractivity contribution >= 4 is 12.0 Å². The van der Waals surface area contributed by atoms with Gasteiger partial charge in [0.1, 0.15) is 17.8 Å². The second-order valence-corrected chi connectivity index (χ2v) is 9.48. The van der Waals surface area contributed by atoms with Crippen LogP contribution in [-0.2, 0) is 19.7 Å². The first-order valence-electron chi connectivity index (χ1n) is 9.93. The number of ether oxygens (including phenoxy) is 3. The highest BCUT2D eigenvalue weighted by molar-refractivity contribution is 5.88. The van der Waals surface area contributed by atoms with Crippen LogP contribution in [0.5, 0.6) is 5.75 Å². The highest BCUT2D eigenvalue weighted by Crippen LogP contribution is 2.57. The second-order valence-electron chi connectivity index (χ2n) is 9.48. The fourth-order valence-corrected chi connectivity index (χ4v) is 5.16. The van der Waals surface area contributed by atoms with Gasteiger partial charge in [0.25, 0.3) is 0 Å². The van der Waals surface area contributed by atoms with Gasteiger partial charge < -0.3 is 14.2 Å². The third-order valence-corrected chi connectivity index (χ3v) is 6.79. The van der Waals surface area contributed by atoms with Gasteiger partial charge in [-0.05, 0) is 41.5 Å². The molecule has 4 rings (SSSR count). The SMILES string of the molecule is COc1ccc2c(c1)[C@]1(C(=O)OCC3(C)COC3)CCCC(C)(C)[C@@H]1C=C2. The Morgan fingerprint density at radius 1 is 1.22 bits per heavy atom. The quantitative estimate of drug-likeness (QED) is 0.739. The molecular weight excluding hydrogens is 340 g/mol. The van der Waals surface area contributed by atoms with Crippen LogP contribution in [0.4, 0.5) is 0 Å². The summed E-state index contributed by atoms with van der Waals surface area (Å²) in [5, 5.41) is 0. The van der Waals surface area contributed by atoms with Crippen molar-refractivity contribution in [1.82, 2.24) is 0 Å². The van der Waals surface area contributed by atoms with E-state index in [2.05, 4.69) is 39.0 Å². The van der Waals surface area contributed by atoms with Gasteiger partial charge in [-0.1, -0.05) is 45.4 Å². The first kappa shape index (κ1) is 18.5. The zero-order chi connectivity index (χ0) is 19.3. The number of carbonyl (C=O) groups is 1. The fourth-order valence-electron chi connectivity index (χ4n) is 5.16. The molecule has 1 aromatic carbocycles. The Morgan fingerprint density at radius 2 is 2.00 bits per heavy atom. The molecule has 1 aromatic rings. The number of methoxy groups -OCH3 is 1. The topological polar surface area (TPSA) is 44.8 Å². The number of rotatable bonds is 4. The van der Waals surface area contributed by atoms with E-state index in [9.17, 15) is 4.79 Å². The van der Waals surface area contributed by atoms with E-state index in [-0.39, 0.29) is 22.7 Å². The van der Waals surface area contributed by atoms with Crippen LogP contribution in [0.15, 0.2) is 24.3 Å². The van der Waals surface area contributed by atoms with Crippen molar-refractivity contribution in [1.29, 1.82) is 0 Å². The van der Waals surface area contributed by atoms with Crippen LogP contribution in [0.1, 0.15) is 51.2 Å². The summed E-state index contributed by atoms with van der Waals surface area (Å²) in [6.45, 7) is 8.40. The predicted molar refractivity (Wildman–Crippen MR) is 105 cm³/mol. The smallest absolute Gasteiger partial charge is 0.317 e. The number of benzene rings is 1. The molecule has 4 heteroatoms. The maximum atomic E-state index is 13.7. The molecule has 0 amide bonds. The Labute approximate surface area is 161 Å². The van der Waals surface area contributed by atoms with Gasteiger partial charge in [-0.25, -0.2) is 0 Å². The van der Waals surface area contributed by atoms with Gasteiger partial charge in [-0.15, -0.1) is 0 Å². The van der Waals surface area contributed by atoms with Gasteiger partial charge in [-0.3, -0.25) is 4.79 Å². The molecule has 1 saturated heterocycles. The first-order chi connectivity index (χ1) is 12.8. The molecule has 27 heavy (non-hydrogen) atoms. The van der Waals surface area contributed by atoms with Crippen LogP contribution >= 0.6 is 0 Å². The van der Waals surface area contributed by atoms with Gasteiger partial charge in [-0.2, -0.15) is 0 Å². The molecule has 4 nitrogen and oxygen atoms in total. The summed E-state index contributed by atoms with van der Waals surface area (Å²) in [6.07, 6.45) is 7.35. The normalized spacial score (nSPS) is 29.9. The standard InChI is InChI=1S/C23H30O4/c1-21(2)10-5-11-23(20(24)27-15-22(3)13-26-14-22)18-12-17(25-4)8-6-16(18)7-9-19(21)23/h6-9,12,19H,5,10-11,13-15H2,1-4H3/t19-,23+/m0/s1. The van der Waals surface area contributed by atoms with Gasteiger partial charge in [0.05, 0.1) is 20.3 Å². The summed E-state index contributed by atoms with van der Waals surface area (Å²) in [5.74, 6) is 0.821. The van der Waals surface area contributed by atoms with Crippen LogP contribution in [0.3, 0.4) is 0 Å². The molecule has 1 aliphatic heterocycles. The molecule has 0 bridgehead atoms. The number of hydrogen-bond acceptors (Lipinski definition) is 4. The zero-order valence-electron chi connectivity index (χ0n) is 16.8. The number of allylic oxidation sites excluding steroid dienone is 1. The summed E-state index contributed by atoms with van der Waals surface area (Å²) in [5.41, 5.74) is 1.51. The van der Waals surface area contributed by atoms with E-state index >= 15 is 0 Å². The van der Waals surface area contributed by atoms with Crippen molar-refractivity contribution in [2.24, 2.45) is 16.7 Å². The Kier molecular flexibility index (Phi) is 4.38. The minimum absolute atomic E-state index is 0.0397. The summed E-state index contributed by atoms with van der Waals surface area (Å²) in [6, 6.07) is 6.06. The largest absolute Gasteiger partial charge is 0.497 e. The Hall–Kier alpha value is -1.81. The molecule has 0 spiro atoms. The van der Waals surface area contributed by atoms with Crippen LogP contribution in [0.2, 0.25) is 0 Å². The second kappa shape index (κ2) is 6.37. The lowest BCUT2D eigenvalue weighted by Gasteiger charge is -2.52. The van der Waals surface area contributed by atoms with Crippen molar-refractivity contribution in [3.63, 3.8) is 0 Å². The maximum absolute atomic E-state index is 13.7. The first-order valence-corrected chi connectivity index (χ1v) is 9.93. The third kappa shape index (κ3) is 2.89. The lowest BCUT2D eigenvalue weighted by atomic mass is 9.51. The minimum atomic E-state index is -0.638. The Bertz CT molecular complexity index is 775. The van der Waals surface area contributed by atoms with E-state index in [0.29, 0.717) is 19.8 Å². The van der Waals surface area contributed by atoms with Gasteiger partial charge in [0.15, 0.2) is 0 Å². The summed E-state index contributed by atoms with van der Waals surface area (Å²) in [7, 11) is 1.67. The highest BCUT2D eigenvalue weighted by Gasteiger charge is 2.57. The summed E-state index contributed by atoms with van der Waals surface area (Å²) < 4.78 is 16.8. The summed E-state index contributed by atoms with van der Waals surface area (Å²) >= 11 is 0. The van der Waals surface area contributed by atoms with Crippen molar-refractivity contribution in [2.75, 3.05) is 26.9 Å². The maximum Gasteiger partial charge on any atom is 0.317 e. The van der Waals surface area contributed by atoms with Gasteiger partial charge in [0.2, 0.25) is 0 Å². The number of esters is 1. The number of hydrogen-bond donors (Lipinski definition) is 0. The van der Waals surface area contributed by atoms with E-state index in [1.54, 1.807) is 7.11 Å². The molecule has 2 fully saturated rings. The molecule has 2 aliphatic carbocycles. The van der Waals surface area contributed by atoms with E-state index in [0.717, 1.165) is 36.1 Å². The van der Waals surface area contributed by atoms with Crippen molar-refractivity contribution < 1.29 is 19.0 Å². The fraction of sp³-hybridized carbons (Fsp3) is 0.609. The summed E-state index contributed by atoms with van der Waals surface area (Å²) in [4.78, 5) is 13.7. The molecule has 0 radical (unpaired) electrons. The van der Waals surface area contributed by atoms with Crippen molar-refractivity contribution in [3.05, 3.63) is 35.4 Å². The molecule has 3 aliphatic rings. The molecule has 0 N–H and O–H groups in total. The van der Waals surface area contributed by atoms with Gasteiger partial charge in [0, 0.05) is 11.3 Å². The Morgan fingerprint density at radius 3 is 2.67 bits per heavy atom. The predicted octanol–water partition coefficient (Wildman–Crippen LogP) is 4.37. The molecular formula is C23H30O4. The van der Waals surface area contributed by atoms with Crippen molar-refractivity contribution in [2.45, 2.75) is 45.4 Å². The third-order valence-electron chi connectivity index (χ3n) is 6.79. The molecule has 1 heterocycles. The van der Waals surface area contributed by atoms with Crippen LogP contribution in [0, 0.1) is 16.7 Å². The van der Waals surface area contributed by atoms with Gasteiger partial charge >= 0.3 is 5.97 Å². The molecule has 2 atom stereocenters.